The summed E-state index contributed by atoms with van der Waals surface area (Å²) < 4.78 is 2.01. The summed E-state index contributed by atoms with van der Waals surface area (Å²) in [5.74, 6) is 0. The molecule has 0 fully saturated rings. The SMILES string of the molecule is CCCn1nncc1C(NCC)c1sccc1C. The topological polar surface area (TPSA) is 42.7 Å². The maximum Gasteiger partial charge on any atom is 0.0860 e. The van der Waals surface area contributed by atoms with E-state index in [1.165, 1.54) is 10.4 Å². The summed E-state index contributed by atoms with van der Waals surface area (Å²) in [5.41, 5.74) is 2.49. The fourth-order valence-corrected chi connectivity index (χ4v) is 3.10. The van der Waals surface area contributed by atoms with E-state index in [0.29, 0.717) is 0 Å². The van der Waals surface area contributed by atoms with E-state index in [0.717, 1.165) is 25.2 Å². The van der Waals surface area contributed by atoms with Gasteiger partial charge in [0.1, 0.15) is 0 Å². The first-order chi connectivity index (χ1) is 8.77. The summed E-state index contributed by atoms with van der Waals surface area (Å²) in [6, 6.07) is 2.37. The van der Waals surface area contributed by atoms with Crippen LogP contribution in [0.5, 0.6) is 0 Å². The lowest BCUT2D eigenvalue weighted by molar-refractivity contribution is 0.514. The maximum atomic E-state index is 4.18. The number of hydrogen-bond donors (Lipinski definition) is 1. The Bertz CT molecular complexity index is 489. The highest BCUT2D eigenvalue weighted by atomic mass is 32.1. The molecule has 98 valence electrons. The lowest BCUT2D eigenvalue weighted by Gasteiger charge is -2.18. The normalized spacial score (nSPS) is 12.8. The van der Waals surface area contributed by atoms with E-state index < -0.39 is 0 Å². The molecule has 4 nitrogen and oxygen atoms in total. The average Bonchev–Trinajstić information content (AvgIpc) is 2.96. The summed E-state index contributed by atoms with van der Waals surface area (Å²) in [7, 11) is 0. The van der Waals surface area contributed by atoms with Crippen molar-refractivity contribution in [2.75, 3.05) is 6.54 Å². The minimum absolute atomic E-state index is 0.205. The number of hydrogen-bond acceptors (Lipinski definition) is 4. The predicted molar refractivity (Wildman–Crippen MR) is 74.9 cm³/mol. The smallest absolute Gasteiger partial charge is 0.0860 e. The van der Waals surface area contributed by atoms with Gasteiger partial charge in [0.05, 0.1) is 17.9 Å². The molecule has 0 bridgehead atoms. The standard InChI is InChI=1S/C13H20N4S/c1-4-7-17-11(9-15-16-17)12(14-5-2)13-10(3)6-8-18-13/h6,8-9,12,14H,4-5,7H2,1-3H3. The van der Waals surface area contributed by atoms with Crippen LogP contribution in [0.1, 0.15) is 42.4 Å². The zero-order valence-corrected chi connectivity index (χ0v) is 12.0. The highest BCUT2D eigenvalue weighted by molar-refractivity contribution is 7.10. The summed E-state index contributed by atoms with van der Waals surface area (Å²) in [4.78, 5) is 1.36. The molecule has 0 saturated heterocycles. The van der Waals surface area contributed by atoms with Gasteiger partial charge in [0, 0.05) is 11.4 Å². The molecular formula is C13H20N4S. The Morgan fingerprint density at radius 3 is 2.89 bits per heavy atom. The molecule has 0 radical (unpaired) electrons. The Hall–Kier alpha value is -1.20. The van der Waals surface area contributed by atoms with Gasteiger partial charge in [-0.25, -0.2) is 4.68 Å². The first kappa shape index (κ1) is 13.2. The van der Waals surface area contributed by atoms with Crippen LogP contribution in [0, 0.1) is 6.92 Å². The molecule has 1 atom stereocenters. The Labute approximate surface area is 112 Å². The van der Waals surface area contributed by atoms with E-state index in [9.17, 15) is 0 Å². The molecule has 0 aromatic carbocycles. The van der Waals surface area contributed by atoms with E-state index in [-0.39, 0.29) is 6.04 Å². The quantitative estimate of drug-likeness (QED) is 0.872. The molecule has 18 heavy (non-hydrogen) atoms. The Morgan fingerprint density at radius 1 is 1.44 bits per heavy atom. The summed E-state index contributed by atoms with van der Waals surface area (Å²) in [5, 5.41) is 13.9. The molecule has 2 aromatic heterocycles. The van der Waals surface area contributed by atoms with Gasteiger partial charge in [-0.05, 0) is 36.9 Å². The maximum absolute atomic E-state index is 4.18. The molecule has 0 saturated carbocycles. The number of nitrogens with one attached hydrogen (secondary N) is 1. The summed E-state index contributed by atoms with van der Waals surface area (Å²) >= 11 is 1.79. The van der Waals surface area contributed by atoms with Gasteiger partial charge in [-0.2, -0.15) is 0 Å². The van der Waals surface area contributed by atoms with Crippen molar-refractivity contribution < 1.29 is 0 Å². The minimum Gasteiger partial charge on any atom is -0.305 e. The van der Waals surface area contributed by atoms with Crippen LogP contribution in [0.15, 0.2) is 17.6 Å². The molecule has 0 amide bonds. The molecule has 5 heteroatoms. The zero-order chi connectivity index (χ0) is 13.0. The third-order valence-electron chi connectivity index (χ3n) is 2.95. The highest BCUT2D eigenvalue weighted by Gasteiger charge is 2.20. The van der Waals surface area contributed by atoms with Gasteiger partial charge in [0.2, 0.25) is 0 Å². The predicted octanol–water partition coefficient (Wildman–Crippen LogP) is 2.76. The molecule has 0 aliphatic carbocycles. The minimum atomic E-state index is 0.205. The van der Waals surface area contributed by atoms with Gasteiger partial charge in [-0.15, -0.1) is 16.4 Å². The van der Waals surface area contributed by atoms with Crippen molar-refractivity contribution in [2.45, 2.75) is 39.8 Å². The largest absolute Gasteiger partial charge is 0.305 e. The molecule has 1 unspecified atom stereocenters. The fraction of sp³-hybridized carbons (Fsp3) is 0.538. The number of aromatic nitrogens is 3. The second kappa shape index (κ2) is 6.11. The first-order valence-electron chi connectivity index (χ1n) is 6.43. The van der Waals surface area contributed by atoms with Gasteiger partial charge in [-0.3, -0.25) is 0 Å². The number of thiophene rings is 1. The van der Waals surface area contributed by atoms with E-state index in [2.05, 4.69) is 47.8 Å². The lowest BCUT2D eigenvalue weighted by atomic mass is 10.1. The van der Waals surface area contributed by atoms with Crippen molar-refractivity contribution in [2.24, 2.45) is 0 Å². The first-order valence-corrected chi connectivity index (χ1v) is 7.31. The van der Waals surface area contributed by atoms with E-state index in [1.807, 2.05) is 10.9 Å². The Morgan fingerprint density at radius 2 is 2.28 bits per heavy atom. The van der Waals surface area contributed by atoms with Crippen molar-refractivity contribution in [1.82, 2.24) is 20.3 Å². The highest BCUT2D eigenvalue weighted by Crippen LogP contribution is 2.28. The molecule has 0 aliphatic rings. The Kier molecular flexibility index (Phi) is 4.49. The van der Waals surface area contributed by atoms with Crippen LogP contribution in [0.25, 0.3) is 0 Å². The summed E-state index contributed by atoms with van der Waals surface area (Å²) in [6.45, 7) is 8.29. The van der Waals surface area contributed by atoms with Crippen LogP contribution >= 0.6 is 11.3 Å². The van der Waals surface area contributed by atoms with E-state index in [1.54, 1.807) is 11.3 Å². The van der Waals surface area contributed by atoms with Gasteiger partial charge < -0.3 is 5.32 Å². The zero-order valence-electron chi connectivity index (χ0n) is 11.2. The number of rotatable bonds is 6. The van der Waals surface area contributed by atoms with Crippen LogP contribution in [-0.2, 0) is 6.54 Å². The van der Waals surface area contributed by atoms with Crippen LogP contribution < -0.4 is 5.32 Å². The second-order valence-electron chi connectivity index (χ2n) is 4.34. The van der Waals surface area contributed by atoms with E-state index >= 15 is 0 Å². The van der Waals surface area contributed by atoms with Gasteiger partial charge in [0.25, 0.3) is 0 Å². The molecule has 1 N–H and O–H groups in total. The molecule has 2 heterocycles. The second-order valence-corrected chi connectivity index (χ2v) is 5.29. The average molecular weight is 264 g/mol. The van der Waals surface area contributed by atoms with Gasteiger partial charge >= 0.3 is 0 Å². The monoisotopic (exact) mass is 264 g/mol. The lowest BCUT2D eigenvalue weighted by Crippen LogP contribution is -2.24. The third-order valence-corrected chi connectivity index (χ3v) is 4.03. The molecule has 2 rings (SSSR count). The Balaban J connectivity index is 2.35. The number of aryl methyl sites for hydroxylation is 2. The fourth-order valence-electron chi connectivity index (χ4n) is 2.09. The van der Waals surface area contributed by atoms with Crippen molar-refractivity contribution in [1.29, 1.82) is 0 Å². The van der Waals surface area contributed by atoms with Gasteiger partial charge in [0.15, 0.2) is 0 Å². The van der Waals surface area contributed by atoms with Crippen LogP contribution in [0.4, 0.5) is 0 Å². The molecule has 0 spiro atoms. The van der Waals surface area contributed by atoms with Crippen molar-refractivity contribution in [3.05, 3.63) is 33.8 Å². The van der Waals surface area contributed by atoms with Crippen molar-refractivity contribution in [3.63, 3.8) is 0 Å². The molecule has 2 aromatic rings. The van der Waals surface area contributed by atoms with Crippen LogP contribution in [0.2, 0.25) is 0 Å². The molecular weight excluding hydrogens is 244 g/mol. The summed E-state index contributed by atoms with van der Waals surface area (Å²) in [6.07, 6.45) is 2.95. The van der Waals surface area contributed by atoms with Crippen LogP contribution in [0.3, 0.4) is 0 Å². The van der Waals surface area contributed by atoms with Crippen LogP contribution in [-0.4, -0.2) is 21.5 Å². The number of nitrogens with zero attached hydrogens (tertiary/aromatic N) is 3. The third kappa shape index (κ3) is 2.62. The van der Waals surface area contributed by atoms with Crippen molar-refractivity contribution in [3.8, 4) is 0 Å². The van der Waals surface area contributed by atoms with E-state index in [4.69, 9.17) is 0 Å². The molecule has 0 aliphatic heterocycles. The van der Waals surface area contributed by atoms with Gasteiger partial charge in [-0.1, -0.05) is 19.1 Å². The van der Waals surface area contributed by atoms with Crippen molar-refractivity contribution >= 4 is 11.3 Å².